The Morgan fingerprint density at radius 3 is 1.67 bits per heavy atom. The third-order valence-corrected chi connectivity index (χ3v) is 1.84. The van der Waals surface area contributed by atoms with Crippen LogP contribution in [-0.4, -0.2) is 31.9 Å². The van der Waals surface area contributed by atoms with E-state index in [0.717, 1.165) is 25.3 Å². The van der Waals surface area contributed by atoms with Gasteiger partial charge < -0.3 is 4.74 Å². The minimum Gasteiger partial charge on any atom is -0.381 e. The summed E-state index contributed by atoms with van der Waals surface area (Å²) < 4.78 is 21.3. The smallest absolute Gasteiger partial charge is 0.381 e. The van der Waals surface area contributed by atoms with E-state index in [0.29, 0.717) is 19.8 Å². The fraction of sp³-hybridized carbons (Fsp3) is 0.769. The molecule has 0 aromatic heterocycles. The Kier molecular flexibility index (Phi) is 9.55. The Labute approximate surface area is 109 Å². The van der Waals surface area contributed by atoms with Crippen LogP contribution in [0.1, 0.15) is 40.0 Å². The van der Waals surface area contributed by atoms with Gasteiger partial charge in [-0.25, -0.2) is 4.79 Å². The first-order chi connectivity index (χ1) is 8.64. The van der Waals surface area contributed by atoms with Crippen molar-refractivity contribution in [3.8, 4) is 0 Å². The van der Waals surface area contributed by atoms with Crippen LogP contribution in [-0.2, 0) is 23.7 Å². The van der Waals surface area contributed by atoms with E-state index in [1.54, 1.807) is 0 Å². The highest BCUT2D eigenvalue weighted by Gasteiger charge is 2.38. The molecule has 0 aliphatic rings. The summed E-state index contributed by atoms with van der Waals surface area (Å²) in [7, 11) is 0. The molecule has 0 saturated heterocycles. The number of rotatable bonds is 11. The molecule has 5 heteroatoms. The van der Waals surface area contributed by atoms with E-state index in [-0.39, 0.29) is 0 Å². The first kappa shape index (κ1) is 17.1. The van der Waals surface area contributed by atoms with Crippen molar-refractivity contribution in [1.82, 2.24) is 0 Å². The monoisotopic (exact) mass is 260 g/mol. The van der Waals surface area contributed by atoms with Crippen molar-refractivity contribution >= 4 is 5.97 Å². The van der Waals surface area contributed by atoms with E-state index in [1.165, 1.54) is 0 Å². The maximum atomic E-state index is 11.3. The van der Waals surface area contributed by atoms with Crippen LogP contribution >= 0.6 is 0 Å². The molecule has 0 aliphatic heterocycles. The second-order valence-corrected chi connectivity index (χ2v) is 3.67. The van der Waals surface area contributed by atoms with E-state index < -0.39 is 12.1 Å². The van der Waals surface area contributed by atoms with Gasteiger partial charge >= 0.3 is 12.1 Å². The number of hydrogen-bond donors (Lipinski definition) is 0. The van der Waals surface area contributed by atoms with Gasteiger partial charge in [0.25, 0.3) is 0 Å². The third-order valence-electron chi connectivity index (χ3n) is 1.84. The average Bonchev–Trinajstić information content (AvgIpc) is 2.40. The van der Waals surface area contributed by atoms with Gasteiger partial charge in [0, 0.05) is 6.08 Å². The zero-order valence-electron chi connectivity index (χ0n) is 11.6. The molecule has 5 nitrogen and oxygen atoms in total. The maximum Gasteiger partial charge on any atom is 0.463 e. The zero-order chi connectivity index (χ0) is 13.9. The molecule has 0 atom stereocenters. The Balaban J connectivity index is 4.71. The highest BCUT2D eigenvalue weighted by molar-refractivity contribution is 5.81. The summed E-state index contributed by atoms with van der Waals surface area (Å²) in [5, 5.41) is 0. The summed E-state index contributed by atoms with van der Waals surface area (Å²) in [5.41, 5.74) is 0. The Bertz CT molecular complexity index is 218. The lowest BCUT2D eigenvalue weighted by Gasteiger charge is -2.30. The van der Waals surface area contributed by atoms with Crippen LogP contribution in [0.3, 0.4) is 0 Å². The number of ether oxygens (including phenoxy) is 4. The molecule has 18 heavy (non-hydrogen) atoms. The third kappa shape index (κ3) is 6.74. The predicted octanol–water partition coefficient (Wildman–Crippen LogP) is 2.61. The summed E-state index contributed by atoms with van der Waals surface area (Å²) in [6.45, 7) is 10.3. The molecule has 106 valence electrons. The maximum absolute atomic E-state index is 11.3. The van der Waals surface area contributed by atoms with Crippen molar-refractivity contribution < 1.29 is 23.7 Å². The van der Waals surface area contributed by atoms with Crippen LogP contribution in [0.15, 0.2) is 12.7 Å². The van der Waals surface area contributed by atoms with E-state index >= 15 is 0 Å². The normalized spacial score (nSPS) is 11.3. The molecule has 0 unspecified atom stereocenters. The van der Waals surface area contributed by atoms with Crippen molar-refractivity contribution in [3.63, 3.8) is 0 Å². The fourth-order valence-electron chi connectivity index (χ4n) is 1.06. The van der Waals surface area contributed by atoms with Crippen molar-refractivity contribution in [2.24, 2.45) is 0 Å². The van der Waals surface area contributed by atoms with E-state index in [4.69, 9.17) is 18.9 Å². The molecule has 0 aliphatic carbocycles. The molecule has 0 aromatic carbocycles. The van der Waals surface area contributed by atoms with Crippen LogP contribution in [0.5, 0.6) is 0 Å². The van der Waals surface area contributed by atoms with Crippen LogP contribution in [0, 0.1) is 0 Å². The van der Waals surface area contributed by atoms with Gasteiger partial charge in [0.1, 0.15) is 0 Å². The molecule has 0 amide bonds. The van der Waals surface area contributed by atoms with Crippen LogP contribution in [0.4, 0.5) is 0 Å². The van der Waals surface area contributed by atoms with E-state index in [9.17, 15) is 4.79 Å². The highest BCUT2D eigenvalue weighted by atomic mass is 17.0. The quantitative estimate of drug-likeness (QED) is 0.325. The molecule has 0 bridgehead atoms. The molecule has 0 fully saturated rings. The fourth-order valence-corrected chi connectivity index (χ4v) is 1.06. The molecule has 0 heterocycles. The summed E-state index contributed by atoms with van der Waals surface area (Å²) in [5.74, 6) is -0.640. The highest BCUT2D eigenvalue weighted by Crippen LogP contribution is 2.19. The number of carbonyl (C=O) groups excluding carboxylic acids is 1. The first-order valence-electron chi connectivity index (χ1n) is 6.41. The van der Waals surface area contributed by atoms with Crippen LogP contribution in [0.25, 0.3) is 0 Å². The zero-order valence-corrected chi connectivity index (χ0v) is 11.6. The minimum absolute atomic E-state index is 0.373. The van der Waals surface area contributed by atoms with Gasteiger partial charge in [0.05, 0.1) is 19.8 Å². The van der Waals surface area contributed by atoms with Gasteiger partial charge in [-0.1, -0.05) is 27.4 Å². The number of esters is 1. The largest absolute Gasteiger partial charge is 0.463 e. The Morgan fingerprint density at radius 1 is 1.00 bits per heavy atom. The Hall–Kier alpha value is -0.910. The second-order valence-electron chi connectivity index (χ2n) is 3.67. The molecule has 0 aromatic rings. The Morgan fingerprint density at radius 2 is 1.39 bits per heavy atom. The standard InChI is InChI=1S/C13H24O5/c1-5-9-15-13(16-10-6-2,17-11-7-3)18-12(14)8-4/h8H,4-7,9-11H2,1-3H3. The summed E-state index contributed by atoms with van der Waals surface area (Å²) >= 11 is 0. The van der Waals surface area contributed by atoms with Gasteiger partial charge in [-0.3, -0.25) is 14.2 Å². The lowest BCUT2D eigenvalue weighted by atomic mass is 10.5. The SMILES string of the molecule is C=CC(=O)OC(OCCC)(OCCC)OCCC. The van der Waals surface area contributed by atoms with Gasteiger partial charge in [-0.05, 0) is 19.3 Å². The lowest BCUT2D eigenvalue weighted by Crippen LogP contribution is -2.44. The average molecular weight is 260 g/mol. The summed E-state index contributed by atoms with van der Waals surface area (Å²) in [6, 6.07) is 0. The van der Waals surface area contributed by atoms with E-state index in [1.807, 2.05) is 20.8 Å². The minimum atomic E-state index is -1.74. The van der Waals surface area contributed by atoms with Crippen molar-refractivity contribution in [2.75, 3.05) is 19.8 Å². The number of hydrogen-bond acceptors (Lipinski definition) is 5. The summed E-state index contributed by atoms with van der Waals surface area (Å²) in [6.07, 6.45) is 1.59. The van der Waals surface area contributed by atoms with Gasteiger partial charge in [0.2, 0.25) is 0 Å². The molecule has 0 spiro atoms. The van der Waals surface area contributed by atoms with Crippen LogP contribution < -0.4 is 0 Å². The van der Waals surface area contributed by atoms with Crippen molar-refractivity contribution in [1.29, 1.82) is 0 Å². The van der Waals surface area contributed by atoms with Gasteiger partial charge in [-0.2, -0.15) is 0 Å². The second kappa shape index (κ2) is 10.1. The molecule has 0 N–H and O–H groups in total. The summed E-state index contributed by atoms with van der Waals surface area (Å²) in [4.78, 5) is 11.3. The molecule has 0 radical (unpaired) electrons. The molecular weight excluding hydrogens is 236 g/mol. The van der Waals surface area contributed by atoms with Crippen molar-refractivity contribution in [2.45, 2.75) is 46.2 Å². The van der Waals surface area contributed by atoms with Crippen LogP contribution in [0.2, 0.25) is 0 Å². The van der Waals surface area contributed by atoms with Crippen molar-refractivity contribution in [3.05, 3.63) is 12.7 Å². The van der Waals surface area contributed by atoms with Gasteiger partial charge in [-0.15, -0.1) is 0 Å². The number of carbonyl (C=O) groups is 1. The van der Waals surface area contributed by atoms with Gasteiger partial charge in [0.15, 0.2) is 0 Å². The molecular formula is C13H24O5. The topological polar surface area (TPSA) is 54.0 Å². The first-order valence-corrected chi connectivity index (χ1v) is 6.41. The lowest BCUT2D eigenvalue weighted by molar-refractivity contribution is -0.481. The molecule has 0 saturated carbocycles. The molecule has 0 rings (SSSR count). The predicted molar refractivity (Wildman–Crippen MR) is 67.7 cm³/mol. The van der Waals surface area contributed by atoms with E-state index in [2.05, 4.69) is 6.58 Å².